The lowest BCUT2D eigenvalue weighted by molar-refractivity contribution is 0.0973. The van der Waals surface area contributed by atoms with Crippen LogP contribution < -0.4 is 5.32 Å². The zero-order chi connectivity index (χ0) is 11.8. The fourth-order valence-corrected chi connectivity index (χ4v) is 2.95. The number of anilines is 1. The Labute approximate surface area is 106 Å². The highest BCUT2D eigenvalue weighted by molar-refractivity contribution is 6.30. The Morgan fingerprint density at radius 3 is 2.71 bits per heavy atom. The second-order valence-corrected chi connectivity index (χ2v) is 5.45. The fraction of sp³-hybridized carbons (Fsp3) is 0.667. The fourth-order valence-electron chi connectivity index (χ4n) is 2.86. The molecule has 3 aliphatic rings. The van der Waals surface area contributed by atoms with Gasteiger partial charge in [0.1, 0.15) is 5.82 Å². The molecule has 2 bridgehead atoms. The number of aryl methyl sites for hydroxylation is 1. The topological polar surface area (TPSA) is 41.0 Å². The van der Waals surface area contributed by atoms with Gasteiger partial charge < -0.3 is 10.2 Å². The van der Waals surface area contributed by atoms with Crippen LogP contribution in [0.3, 0.4) is 0 Å². The van der Waals surface area contributed by atoms with Crippen LogP contribution in [0.4, 0.5) is 5.82 Å². The average Bonchev–Trinajstić information content (AvgIpc) is 2.35. The maximum absolute atomic E-state index is 5.88. The summed E-state index contributed by atoms with van der Waals surface area (Å²) in [6.07, 6.45) is 2.61. The summed E-state index contributed by atoms with van der Waals surface area (Å²) in [7, 11) is 0. The molecule has 0 unspecified atom stereocenters. The van der Waals surface area contributed by atoms with Crippen molar-refractivity contribution >= 4 is 17.4 Å². The summed E-state index contributed by atoms with van der Waals surface area (Å²) in [6, 6.07) is 2.50. The molecule has 0 amide bonds. The van der Waals surface area contributed by atoms with Crippen molar-refractivity contribution in [1.29, 1.82) is 0 Å². The Morgan fingerprint density at radius 1 is 1.35 bits per heavy atom. The van der Waals surface area contributed by atoms with Gasteiger partial charge in [-0.15, -0.1) is 10.2 Å². The zero-order valence-electron chi connectivity index (χ0n) is 9.99. The van der Waals surface area contributed by atoms with Gasteiger partial charge in [-0.3, -0.25) is 0 Å². The van der Waals surface area contributed by atoms with E-state index >= 15 is 0 Å². The summed E-state index contributed by atoms with van der Waals surface area (Å²) >= 11 is 5.88. The Morgan fingerprint density at radius 2 is 2.12 bits per heavy atom. The minimum Gasteiger partial charge on any atom is -0.364 e. The molecule has 3 saturated heterocycles. The molecule has 0 saturated carbocycles. The van der Waals surface area contributed by atoms with E-state index in [9.17, 15) is 0 Å². The summed E-state index contributed by atoms with van der Waals surface area (Å²) in [6.45, 7) is 5.61. The predicted molar refractivity (Wildman–Crippen MR) is 68.4 cm³/mol. The first-order chi connectivity index (χ1) is 8.22. The van der Waals surface area contributed by atoms with Crippen LogP contribution in [0, 0.1) is 12.8 Å². The zero-order valence-corrected chi connectivity index (χ0v) is 10.7. The highest BCUT2D eigenvalue weighted by Gasteiger charge is 2.34. The lowest BCUT2D eigenvalue weighted by Crippen LogP contribution is -2.53. The first kappa shape index (κ1) is 11.2. The third-order valence-corrected chi connectivity index (χ3v) is 4.29. The molecule has 3 fully saturated rings. The first-order valence-corrected chi connectivity index (χ1v) is 6.59. The number of nitrogens with one attached hydrogen (secondary N) is 1. The molecule has 0 aliphatic carbocycles. The van der Waals surface area contributed by atoms with Gasteiger partial charge in [0.05, 0.1) is 0 Å². The van der Waals surface area contributed by atoms with Gasteiger partial charge in [-0.05, 0) is 50.4 Å². The van der Waals surface area contributed by atoms with E-state index in [0.717, 1.165) is 23.8 Å². The van der Waals surface area contributed by atoms with Crippen LogP contribution >= 0.6 is 11.6 Å². The SMILES string of the molecule is Cc1cc(N[C@H]2CN3CCC2CC3)nnc1Cl. The smallest absolute Gasteiger partial charge is 0.154 e. The Kier molecular flexibility index (Phi) is 2.92. The van der Waals surface area contributed by atoms with E-state index in [2.05, 4.69) is 20.4 Å². The first-order valence-electron chi connectivity index (χ1n) is 6.21. The molecule has 0 spiro atoms. The van der Waals surface area contributed by atoms with Crippen molar-refractivity contribution in [3.63, 3.8) is 0 Å². The molecule has 1 N–H and O–H groups in total. The van der Waals surface area contributed by atoms with Crippen molar-refractivity contribution < 1.29 is 0 Å². The van der Waals surface area contributed by atoms with Gasteiger partial charge in [-0.1, -0.05) is 11.6 Å². The molecule has 4 rings (SSSR count). The second kappa shape index (κ2) is 4.42. The standard InChI is InChI=1S/C12H17ClN4/c1-8-6-11(15-16-12(8)13)14-10-7-17-4-2-9(10)3-5-17/h6,9-10H,2-5,7H2,1H3,(H,14,15)/t10-/m0/s1. The third-order valence-electron chi connectivity index (χ3n) is 3.91. The van der Waals surface area contributed by atoms with Crippen LogP contribution in [0.15, 0.2) is 6.07 Å². The number of nitrogens with zero attached hydrogens (tertiary/aromatic N) is 3. The molecule has 17 heavy (non-hydrogen) atoms. The lowest BCUT2D eigenvalue weighted by Gasteiger charge is -2.45. The molecule has 0 radical (unpaired) electrons. The van der Waals surface area contributed by atoms with E-state index < -0.39 is 0 Å². The van der Waals surface area contributed by atoms with Crippen molar-refractivity contribution in [2.24, 2.45) is 5.92 Å². The Balaban J connectivity index is 1.72. The molecular formula is C12H17ClN4. The van der Waals surface area contributed by atoms with E-state index in [0.29, 0.717) is 11.2 Å². The average molecular weight is 253 g/mol. The van der Waals surface area contributed by atoms with Crippen LogP contribution in [0.5, 0.6) is 0 Å². The van der Waals surface area contributed by atoms with E-state index in [-0.39, 0.29) is 0 Å². The monoisotopic (exact) mass is 252 g/mol. The van der Waals surface area contributed by atoms with Gasteiger partial charge in [-0.25, -0.2) is 0 Å². The van der Waals surface area contributed by atoms with Crippen LogP contribution in [-0.2, 0) is 0 Å². The molecule has 1 aromatic rings. The third kappa shape index (κ3) is 2.24. The number of hydrogen-bond donors (Lipinski definition) is 1. The molecule has 1 atom stereocenters. The highest BCUT2D eigenvalue weighted by Crippen LogP contribution is 2.29. The summed E-state index contributed by atoms with van der Waals surface area (Å²) < 4.78 is 0. The minimum atomic E-state index is 0.490. The number of halogens is 1. The van der Waals surface area contributed by atoms with Crippen LogP contribution in [0.2, 0.25) is 5.15 Å². The van der Waals surface area contributed by atoms with Crippen LogP contribution in [0.25, 0.3) is 0 Å². The molecule has 0 aromatic carbocycles. The van der Waals surface area contributed by atoms with Crippen molar-refractivity contribution in [1.82, 2.24) is 15.1 Å². The molecule has 3 aliphatic heterocycles. The minimum absolute atomic E-state index is 0.490. The van der Waals surface area contributed by atoms with Crippen molar-refractivity contribution in [3.05, 3.63) is 16.8 Å². The van der Waals surface area contributed by atoms with Crippen LogP contribution in [0.1, 0.15) is 18.4 Å². The largest absolute Gasteiger partial charge is 0.364 e. The Hall–Kier alpha value is -0.870. The van der Waals surface area contributed by atoms with Gasteiger partial charge in [0.25, 0.3) is 0 Å². The number of rotatable bonds is 2. The summed E-state index contributed by atoms with van der Waals surface area (Å²) in [5, 5.41) is 12.0. The molecule has 4 nitrogen and oxygen atoms in total. The number of hydrogen-bond acceptors (Lipinski definition) is 4. The molecule has 4 heterocycles. The van der Waals surface area contributed by atoms with Gasteiger partial charge in [0.2, 0.25) is 0 Å². The maximum Gasteiger partial charge on any atom is 0.154 e. The summed E-state index contributed by atoms with van der Waals surface area (Å²) in [5.41, 5.74) is 0.977. The number of aromatic nitrogens is 2. The predicted octanol–water partition coefficient (Wildman–Crippen LogP) is 1.94. The van der Waals surface area contributed by atoms with Gasteiger partial charge >= 0.3 is 0 Å². The van der Waals surface area contributed by atoms with Crippen LogP contribution in [-0.4, -0.2) is 40.8 Å². The van der Waals surface area contributed by atoms with Gasteiger partial charge in [-0.2, -0.15) is 0 Å². The number of piperidine rings is 3. The summed E-state index contributed by atoms with van der Waals surface area (Å²) in [5.74, 6) is 1.64. The molecule has 1 aromatic heterocycles. The quantitative estimate of drug-likeness (QED) is 0.874. The van der Waals surface area contributed by atoms with Crippen molar-refractivity contribution in [2.45, 2.75) is 25.8 Å². The maximum atomic E-state index is 5.88. The van der Waals surface area contributed by atoms with Crippen molar-refractivity contribution in [3.8, 4) is 0 Å². The molecular weight excluding hydrogens is 236 g/mol. The highest BCUT2D eigenvalue weighted by atomic mass is 35.5. The normalized spacial score (nSPS) is 31.5. The Bertz CT molecular complexity index is 415. The van der Waals surface area contributed by atoms with E-state index in [1.54, 1.807) is 0 Å². The van der Waals surface area contributed by atoms with Gasteiger partial charge in [0.15, 0.2) is 5.15 Å². The van der Waals surface area contributed by atoms with E-state index in [1.807, 2.05) is 13.0 Å². The van der Waals surface area contributed by atoms with Gasteiger partial charge in [0, 0.05) is 12.6 Å². The summed E-state index contributed by atoms with van der Waals surface area (Å²) in [4.78, 5) is 2.52. The molecule has 92 valence electrons. The lowest BCUT2D eigenvalue weighted by atomic mass is 9.84. The van der Waals surface area contributed by atoms with Crippen molar-refractivity contribution in [2.75, 3.05) is 25.0 Å². The molecule has 5 heteroatoms. The number of fused-ring (bicyclic) bond motifs is 3. The second-order valence-electron chi connectivity index (χ2n) is 5.09. The van der Waals surface area contributed by atoms with E-state index in [1.165, 1.54) is 25.9 Å². The van der Waals surface area contributed by atoms with E-state index in [4.69, 9.17) is 11.6 Å².